The Morgan fingerprint density at radius 2 is 1.27 bits per heavy atom. The summed E-state index contributed by atoms with van der Waals surface area (Å²) >= 11 is 0. The fraction of sp³-hybridized carbons (Fsp3) is 0.364. The lowest BCUT2D eigenvalue weighted by Gasteiger charge is -2.19. The number of carbonyl (C=O) groups is 2. The summed E-state index contributed by atoms with van der Waals surface area (Å²) in [7, 11) is 0. The molecule has 0 bridgehead atoms. The van der Waals surface area contributed by atoms with Crippen LogP contribution in [0.5, 0.6) is 0 Å². The smallest absolute Gasteiger partial charge is 0.309 e. The van der Waals surface area contributed by atoms with Crippen LogP contribution in [0.4, 0.5) is 0 Å². The molecule has 3 rings (SSSR count). The van der Waals surface area contributed by atoms with E-state index in [0.29, 0.717) is 12.3 Å². The van der Waals surface area contributed by atoms with Crippen LogP contribution in [0.2, 0.25) is 0 Å². The Kier molecular flexibility index (Phi) is 6.42. The lowest BCUT2D eigenvalue weighted by molar-refractivity contribution is -0.181. The second kappa shape index (κ2) is 9.18. The molecule has 0 aromatic heterocycles. The molecule has 1 heterocycles. The van der Waals surface area contributed by atoms with Crippen LogP contribution in [0, 0.1) is 0 Å². The van der Waals surface area contributed by atoms with Gasteiger partial charge in [-0.25, -0.2) is 0 Å². The van der Waals surface area contributed by atoms with E-state index in [1.807, 2.05) is 12.1 Å². The standard InChI is InChI=1S/C22H24O4/c23-20-15-16-21(24)26-22(25-20)14-8-7-13-19(17-9-3-1-4-10-17)18-11-5-2-6-12-18/h1-6,9-12,19,22H,7-8,13-16H2. The predicted octanol–water partition coefficient (Wildman–Crippen LogP) is 4.59. The summed E-state index contributed by atoms with van der Waals surface area (Å²) < 4.78 is 10.4. The molecule has 1 saturated heterocycles. The maximum Gasteiger partial charge on any atom is 0.309 e. The summed E-state index contributed by atoms with van der Waals surface area (Å²) in [6.07, 6.45) is 2.82. The summed E-state index contributed by atoms with van der Waals surface area (Å²) in [5.41, 5.74) is 2.59. The number of cyclic esters (lactones) is 2. The first kappa shape index (κ1) is 18.2. The molecule has 26 heavy (non-hydrogen) atoms. The Morgan fingerprint density at radius 3 is 1.77 bits per heavy atom. The molecule has 0 radical (unpaired) electrons. The Labute approximate surface area is 154 Å². The van der Waals surface area contributed by atoms with Gasteiger partial charge in [0.25, 0.3) is 0 Å². The molecule has 4 heteroatoms. The molecule has 0 aliphatic carbocycles. The van der Waals surface area contributed by atoms with Gasteiger partial charge in [-0.05, 0) is 24.0 Å². The Morgan fingerprint density at radius 1 is 0.769 bits per heavy atom. The number of unbranched alkanes of at least 4 members (excludes halogenated alkanes) is 1. The maximum absolute atomic E-state index is 11.5. The number of rotatable bonds is 7. The van der Waals surface area contributed by atoms with E-state index in [2.05, 4.69) is 48.5 Å². The molecule has 0 amide bonds. The average molecular weight is 352 g/mol. The number of ether oxygens (including phenoxy) is 2. The monoisotopic (exact) mass is 352 g/mol. The van der Waals surface area contributed by atoms with Gasteiger partial charge in [-0.1, -0.05) is 67.1 Å². The number of hydrogen-bond acceptors (Lipinski definition) is 4. The van der Waals surface area contributed by atoms with Crippen LogP contribution in [0.1, 0.15) is 55.6 Å². The normalized spacial score (nSPS) is 15.4. The van der Waals surface area contributed by atoms with Crippen molar-refractivity contribution in [2.24, 2.45) is 0 Å². The van der Waals surface area contributed by atoms with Crippen molar-refractivity contribution < 1.29 is 19.1 Å². The zero-order valence-electron chi connectivity index (χ0n) is 14.8. The Hall–Kier alpha value is -2.62. The van der Waals surface area contributed by atoms with Crippen molar-refractivity contribution >= 4 is 11.9 Å². The highest BCUT2D eigenvalue weighted by molar-refractivity contribution is 5.79. The highest BCUT2D eigenvalue weighted by atomic mass is 16.7. The van der Waals surface area contributed by atoms with Gasteiger partial charge in [-0.2, -0.15) is 0 Å². The van der Waals surface area contributed by atoms with E-state index in [-0.39, 0.29) is 24.8 Å². The summed E-state index contributed by atoms with van der Waals surface area (Å²) in [4.78, 5) is 23.0. The van der Waals surface area contributed by atoms with Crippen LogP contribution in [0.15, 0.2) is 60.7 Å². The fourth-order valence-corrected chi connectivity index (χ4v) is 3.31. The minimum absolute atomic E-state index is 0.111. The van der Waals surface area contributed by atoms with Crippen LogP contribution >= 0.6 is 0 Å². The van der Waals surface area contributed by atoms with Gasteiger partial charge in [0.05, 0.1) is 12.8 Å². The number of hydrogen-bond donors (Lipinski definition) is 0. The molecule has 2 aromatic carbocycles. The van der Waals surface area contributed by atoms with E-state index in [9.17, 15) is 9.59 Å². The number of carbonyl (C=O) groups excluding carboxylic acids is 2. The van der Waals surface area contributed by atoms with Crippen LogP contribution in [-0.4, -0.2) is 18.2 Å². The van der Waals surface area contributed by atoms with E-state index >= 15 is 0 Å². The largest absolute Gasteiger partial charge is 0.425 e. The molecule has 1 fully saturated rings. The molecule has 1 aliphatic rings. The van der Waals surface area contributed by atoms with Gasteiger partial charge in [-0.3, -0.25) is 9.59 Å². The van der Waals surface area contributed by atoms with Crippen molar-refractivity contribution in [1.82, 2.24) is 0 Å². The second-order valence-electron chi connectivity index (χ2n) is 6.57. The van der Waals surface area contributed by atoms with Crippen LogP contribution in [0.3, 0.4) is 0 Å². The fourth-order valence-electron chi connectivity index (χ4n) is 3.31. The van der Waals surface area contributed by atoms with Crippen molar-refractivity contribution in [3.05, 3.63) is 71.8 Å². The minimum atomic E-state index is -0.732. The van der Waals surface area contributed by atoms with Crippen molar-refractivity contribution in [2.75, 3.05) is 0 Å². The second-order valence-corrected chi connectivity index (χ2v) is 6.57. The molecule has 0 N–H and O–H groups in total. The average Bonchev–Trinajstić information content (AvgIpc) is 2.83. The predicted molar refractivity (Wildman–Crippen MR) is 98.4 cm³/mol. The van der Waals surface area contributed by atoms with E-state index < -0.39 is 6.29 Å². The Balaban J connectivity index is 1.57. The van der Waals surface area contributed by atoms with Gasteiger partial charge in [-0.15, -0.1) is 0 Å². The molecule has 1 aliphatic heterocycles. The lowest BCUT2D eigenvalue weighted by atomic mass is 9.87. The van der Waals surface area contributed by atoms with E-state index in [1.54, 1.807) is 0 Å². The molecule has 136 valence electrons. The van der Waals surface area contributed by atoms with Crippen LogP contribution in [-0.2, 0) is 19.1 Å². The minimum Gasteiger partial charge on any atom is -0.425 e. The van der Waals surface area contributed by atoms with Crippen LogP contribution in [0.25, 0.3) is 0 Å². The van der Waals surface area contributed by atoms with Crippen molar-refractivity contribution in [2.45, 2.75) is 50.7 Å². The van der Waals surface area contributed by atoms with Gasteiger partial charge >= 0.3 is 11.9 Å². The topological polar surface area (TPSA) is 52.6 Å². The first-order valence-electron chi connectivity index (χ1n) is 9.21. The van der Waals surface area contributed by atoms with Gasteiger partial charge in [0.1, 0.15) is 0 Å². The molecule has 0 spiro atoms. The third-order valence-corrected chi connectivity index (χ3v) is 4.65. The SMILES string of the molecule is O=C1CCC(=O)OC(CCCCC(c2ccccc2)c2ccccc2)O1. The highest BCUT2D eigenvalue weighted by Crippen LogP contribution is 2.30. The summed E-state index contributed by atoms with van der Waals surface area (Å²) in [6, 6.07) is 21.0. The van der Waals surface area contributed by atoms with Gasteiger partial charge in [0.2, 0.25) is 6.29 Å². The van der Waals surface area contributed by atoms with Crippen molar-refractivity contribution in [1.29, 1.82) is 0 Å². The maximum atomic E-state index is 11.5. The Bertz CT molecular complexity index is 654. The van der Waals surface area contributed by atoms with Gasteiger partial charge < -0.3 is 9.47 Å². The summed E-state index contributed by atoms with van der Waals surface area (Å²) in [5.74, 6) is -0.378. The zero-order chi connectivity index (χ0) is 18.2. The van der Waals surface area contributed by atoms with E-state index in [0.717, 1.165) is 19.3 Å². The van der Waals surface area contributed by atoms with Crippen molar-refractivity contribution in [3.63, 3.8) is 0 Å². The lowest BCUT2D eigenvalue weighted by Crippen LogP contribution is -2.20. The molecular weight excluding hydrogens is 328 g/mol. The summed E-state index contributed by atoms with van der Waals surface area (Å²) in [5, 5.41) is 0. The zero-order valence-corrected chi connectivity index (χ0v) is 14.8. The summed E-state index contributed by atoms with van der Waals surface area (Å²) in [6.45, 7) is 0. The highest BCUT2D eigenvalue weighted by Gasteiger charge is 2.24. The molecule has 2 aromatic rings. The molecule has 4 nitrogen and oxygen atoms in total. The molecule has 0 unspecified atom stereocenters. The molecule has 0 saturated carbocycles. The first-order chi connectivity index (χ1) is 12.7. The van der Waals surface area contributed by atoms with E-state index in [1.165, 1.54) is 11.1 Å². The molecule has 0 atom stereocenters. The van der Waals surface area contributed by atoms with Gasteiger partial charge in [0, 0.05) is 12.3 Å². The van der Waals surface area contributed by atoms with E-state index in [4.69, 9.17) is 9.47 Å². The first-order valence-corrected chi connectivity index (χ1v) is 9.21. The quantitative estimate of drug-likeness (QED) is 0.540. The molecular formula is C22H24O4. The third kappa shape index (κ3) is 5.19. The van der Waals surface area contributed by atoms with Crippen LogP contribution < -0.4 is 0 Å². The number of benzene rings is 2. The van der Waals surface area contributed by atoms with Crippen molar-refractivity contribution in [3.8, 4) is 0 Å². The third-order valence-electron chi connectivity index (χ3n) is 4.65. The van der Waals surface area contributed by atoms with Gasteiger partial charge in [0.15, 0.2) is 0 Å². The number of esters is 2.